The average Bonchev–Trinajstić information content (AvgIpc) is 3.47. The Balaban J connectivity index is 1.31. The van der Waals surface area contributed by atoms with Crippen LogP contribution in [-0.4, -0.2) is 51.7 Å². The van der Waals surface area contributed by atoms with Crippen molar-refractivity contribution in [2.45, 2.75) is 50.9 Å². The van der Waals surface area contributed by atoms with Crippen LogP contribution in [0.25, 0.3) is 11.6 Å². The number of aromatic nitrogens is 4. The van der Waals surface area contributed by atoms with Crippen LogP contribution < -0.4 is 9.64 Å². The molecule has 0 saturated carbocycles. The summed E-state index contributed by atoms with van der Waals surface area (Å²) in [5.41, 5.74) is 0. The molecule has 0 amide bonds. The summed E-state index contributed by atoms with van der Waals surface area (Å²) in [4.78, 5) is 6.20. The van der Waals surface area contributed by atoms with Gasteiger partial charge < -0.3 is 18.8 Å². The Labute approximate surface area is 180 Å². The number of ether oxygens (including phenoxy) is 2. The van der Waals surface area contributed by atoms with Crippen molar-refractivity contribution in [2.75, 3.05) is 24.6 Å². The van der Waals surface area contributed by atoms with Gasteiger partial charge in [-0.15, -0.1) is 10.2 Å². The largest absolute Gasteiger partial charge is 0.472 e. The van der Waals surface area contributed by atoms with Crippen molar-refractivity contribution in [3.63, 3.8) is 0 Å². The molecule has 1 atom stereocenters. The van der Waals surface area contributed by atoms with Gasteiger partial charge in [0, 0.05) is 38.7 Å². The second-order valence-corrected chi connectivity index (χ2v) is 7.99. The highest BCUT2D eigenvalue weighted by atomic mass is 19.1. The molecule has 2 aliphatic rings. The highest BCUT2D eigenvalue weighted by Crippen LogP contribution is 2.28. The standard InChI is InChI=1S/C22H26FN5O3/c23-18-6-3-10-24-21(18)31-16-8-11-27(12-9-16)22-26-25-20(19-7-4-14-30-19)28(22)15-17-5-1-2-13-29-17/h3-4,6-7,10,14,16-17H,1-2,5,8-9,11-13,15H2/t17-/m0/s1. The summed E-state index contributed by atoms with van der Waals surface area (Å²) >= 11 is 0. The first-order valence-electron chi connectivity index (χ1n) is 10.9. The van der Waals surface area contributed by atoms with Crippen molar-refractivity contribution in [3.05, 3.63) is 42.5 Å². The lowest BCUT2D eigenvalue weighted by atomic mass is 10.1. The fourth-order valence-corrected chi connectivity index (χ4v) is 4.23. The van der Waals surface area contributed by atoms with Crippen molar-refractivity contribution in [1.82, 2.24) is 19.7 Å². The molecule has 0 N–H and O–H groups in total. The van der Waals surface area contributed by atoms with Gasteiger partial charge in [0.25, 0.3) is 5.88 Å². The fourth-order valence-electron chi connectivity index (χ4n) is 4.23. The third-order valence-corrected chi connectivity index (χ3v) is 5.86. The second-order valence-electron chi connectivity index (χ2n) is 7.99. The van der Waals surface area contributed by atoms with Crippen molar-refractivity contribution in [2.24, 2.45) is 0 Å². The van der Waals surface area contributed by atoms with Crippen LogP contribution in [0.4, 0.5) is 10.3 Å². The van der Waals surface area contributed by atoms with Gasteiger partial charge >= 0.3 is 0 Å². The van der Waals surface area contributed by atoms with Gasteiger partial charge in [-0.2, -0.15) is 0 Å². The number of rotatable bonds is 6. The zero-order valence-corrected chi connectivity index (χ0v) is 17.3. The minimum atomic E-state index is -0.430. The fraction of sp³-hybridized carbons (Fsp3) is 0.500. The normalized spacial score (nSPS) is 20.2. The summed E-state index contributed by atoms with van der Waals surface area (Å²) in [7, 11) is 0. The number of furan rings is 1. The van der Waals surface area contributed by atoms with E-state index in [1.807, 2.05) is 12.1 Å². The SMILES string of the molecule is Fc1cccnc1OC1CCN(c2nnc(-c3ccco3)n2C[C@@H]2CCCCO2)CC1. The van der Waals surface area contributed by atoms with E-state index in [4.69, 9.17) is 13.9 Å². The van der Waals surface area contributed by atoms with E-state index in [0.29, 0.717) is 18.1 Å². The third kappa shape index (κ3) is 4.41. The molecule has 0 bridgehead atoms. The Hall–Kier alpha value is -2.94. The maximum Gasteiger partial charge on any atom is 0.250 e. The van der Waals surface area contributed by atoms with Crippen molar-refractivity contribution in [1.29, 1.82) is 0 Å². The van der Waals surface area contributed by atoms with Gasteiger partial charge in [-0.25, -0.2) is 9.37 Å². The number of anilines is 1. The van der Waals surface area contributed by atoms with Gasteiger partial charge in [0.15, 0.2) is 11.6 Å². The van der Waals surface area contributed by atoms with E-state index >= 15 is 0 Å². The number of nitrogens with zero attached hydrogens (tertiary/aromatic N) is 5. The molecule has 3 aromatic heterocycles. The Morgan fingerprint density at radius 2 is 2.00 bits per heavy atom. The van der Waals surface area contributed by atoms with Crippen molar-refractivity contribution >= 4 is 5.95 Å². The molecule has 2 fully saturated rings. The summed E-state index contributed by atoms with van der Waals surface area (Å²) in [6.45, 7) is 2.96. The lowest BCUT2D eigenvalue weighted by molar-refractivity contribution is 0.00629. The molecule has 2 saturated heterocycles. The molecule has 0 aliphatic carbocycles. The van der Waals surface area contributed by atoms with Crippen LogP contribution in [0.5, 0.6) is 5.88 Å². The van der Waals surface area contributed by atoms with Crippen molar-refractivity contribution in [3.8, 4) is 17.5 Å². The minimum absolute atomic E-state index is 0.0682. The number of piperidine rings is 1. The van der Waals surface area contributed by atoms with Crippen LogP contribution in [0, 0.1) is 5.82 Å². The second kappa shape index (κ2) is 9.05. The quantitative estimate of drug-likeness (QED) is 0.594. The average molecular weight is 427 g/mol. The maximum absolute atomic E-state index is 13.9. The Morgan fingerprint density at radius 3 is 2.74 bits per heavy atom. The van der Waals surface area contributed by atoms with E-state index in [-0.39, 0.29) is 18.1 Å². The number of halogens is 1. The highest BCUT2D eigenvalue weighted by molar-refractivity contribution is 5.51. The first-order chi connectivity index (χ1) is 15.3. The molecule has 5 rings (SSSR count). The van der Waals surface area contributed by atoms with E-state index in [9.17, 15) is 4.39 Å². The molecule has 3 aromatic rings. The molecule has 31 heavy (non-hydrogen) atoms. The van der Waals surface area contributed by atoms with E-state index in [1.165, 1.54) is 12.5 Å². The first kappa shape index (κ1) is 20.0. The zero-order chi connectivity index (χ0) is 21.0. The van der Waals surface area contributed by atoms with E-state index in [1.54, 1.807) is 18.5 Å². The molecular formula is C22H26FN5O3. The molecule has 0 aromatic carbocycles. The highest BCUT2D eigenvalue weighted by Gasteiger charge is 2.28. The molecule has 5 heterocycles. The number of hydrogen-bond acceptors (Lipinski definition) is 7. The maximum atomic E-state index is 13.9. The lowest BCUT2D eigenvalue weighted by Crippen LogP contribution is -2.40. The van der Waals surface area contributed by atoms with Crippen LogP contribution in [-0.2, 0) is 11.3 Å². The molecule has 2 aliphatic heterocycles. The summed E-state index contributed by atoms with van der Waals surface area (Å²) in [5, 5.41) is 8.92. The Kier molecular flexibility index (Phi) is 5.84. The van der Waals surface area contributed by atoms with Gasteiger partial charge in [0.05, 0.1) is 18.9 Å². The van der Waals surface area contributed by atoms with Crippen molar-refractivity contribution < 1.29 is 18.3 Å². The van der Waals surface area contributed by atoms with Gasteiger partial charge in [0.2, 0.25) is 11.8 Å². The number of hydrogen-bond donors (Lipinski definition) is 0. The molecule has 0 unspecified atom stereocenters. The molecular weight excluding hydrogens is 401 g/mol. The monoisotopic (exact) mass is 427 g/mol. The predicted octanol–water partition coefficient (Wildman–Crippen LogP) is 3.69. The summed E-state index contributed by atoms with van der Waals surface area (Å²) in [5.74, 6) is 1.85. The summed E-state index contributed by atoms with van der Waals surface area (Å²) in [6, 6.07) is 6.67. The topological polar surface area (TPSA) is 78.4 Å². The van der Waals surface area contributed by atoms with Crippen LogP contribution in [0.2, 0.25) is 0 Å². The molecule has 164 valence electrons. The molecule has 0 spiro atoms. The van der Waals surface area contributed by atoms with E-state index < -0.39 is 5.82 Å². The summed E-state index contributed by atoms with van der Waals surface area (Å²) in [6.07, 6.45) is 8.06. The predicted molar refractivity (Wildman–Crippen MR) is 111 cm³/mol. The molecule has 8 nitrogen and oxygen atoms in total. The molecule has 9 heteroatoms. The third-order valence-electron chi connectivity index (χ3n) is 5.86. The van der Waals surface area contributed by atoms with E-state index in [2.05, 4.69) is 24.6 Å². The minimum Gasteiger partial charge on any atom is -0.472 e. The van der Waals surface area contributed by atoms with E-state index in [0.717, 1.165) is 51.3 Å². The van der Waals surface area contributed by atoms with Crippen LogP contribution in [0.15, 0.2) is 41.1 Å². The van der Waals surface area contributed by atoms with Gasteiger partial charge in [-0.3, -0.25) is 4.57 Å². The van der Waals surface area contributed by atoms with Crippen LogP contribution >= 0.6 is 0 Å². The van der Waals surface area contributed by atoms with Crippen LogP contribution in [0.3, 0.4) is 0 Å². The van der Waals surface area contributed by atoms with Gasteiger partial charge in [0.1, 0.15) is 6.10 Å². The Bertz CT molecular complexity index is 979. The van der Waals surface area contributed by atoms with Gasteiger partial charge in [-0.05, 0) is 43.5 Å². The summed E-state index contributed by atoms with van der Waals surface area (Å²) < 4.78 is 33.3. The zero-order valence-electron chi connectivity index (χ0n) is 17.3. The van der Waals surface area contributed by atoms with Gasteiger partial charge in [-0.1, -0.05) is 0 Å². The smallest absolute Gasteiger partial charge is 0.250 e. The molecule has 0 radical (unpaired) electrons. The first-order valence-corrected chi connectivity index (χ1v) is 10.9. The Morgan fingerprint density at radius 1 is 1.10 bits per heavy atom. The number of pyridine rings is 1. The van der Waals surface area contributed by atoms with Crippen LogP contribution in [0.1, 0.15) is 32.1 Å². The lowest BCUT2D eigenvalue weighted by Gasteiger charge is -2.33.